The smallest absolute Gasteiger partial charge is 0.0607 e. The summed E-state index contributed by atoms with van der Waals surface area (Å²) in [6.07, 6.45) is 25.6. The fourth-order valence-electron chi connectivity index (χ4n) is 15.4. The molecule has 88 heavy (non-hydrogen) atoms. The lowest BCUT2D eigenvalue weighted by atomic mass is 9.78. The quantitative estimate of drug-likeness (QED) is 0.111. The molecular formula is C80H144O8. The van der Waals surface area contributed by atoms with Crippen molar-refractivity contribution < 1.29 is 40.9 Å². The first kappa shape index (κ1) is 83.6. The van der Waals surface area contributed by atoms with Gasteiger partial charge in [0.15, 0.2) is 0 Å². The zero-order valence-corrected chi connectivity index (χ0v) is 60.1. The molecule has 8 heteroatoms. The maximum Gasteiger partial charge on any atom is 0.0607 e. The van der Waals surface area contributed by atoms with Crippen molar-refractivity contribution in [2.24, 2.45) is 94.7 Å². The highest BCUT2D eigenvalue weighted by molar-refractivity contribution is 5.07. The van der Waals surface area contributed by atoms with Gasteiger partial charge in [-0.2, -0.15) is 0 Å². The van der Waals surface area contributed by atoms with E-state index in [0.717, 1.165) is 147 Å². The predicted molar refractivity (Wildman–Crippen MR) is 379 cm³/mol. The van der Waals surface area contributed by atoms with Gasteiger partial charge in [0.1, 0.15) is 0 Å². The van der Waals surface area contributed by atoms with Crippen LogP contribution < -0.4 is 0 Å². The minimum absolute atomic E-state index is 0.128. The highest BCUT2D eigenvalue weighted by Crippen LogP contribution is 2.38. The summed E-state index contributed by atoms with van der Waals surface area (Å²) in [5.74, 6) is 8.49. The van der Waals surface area contributed by atoms with Crippen molar-refractivity contribution in [3.63, 3.8) is 0 Å². The topological polar surface area (TPSA) is 162 Å². The van der Waals surface area contributed by atoms with E-state index in [2.05, 4.69) is 108 Å². The zero-order valence-electron chi connectivity index (χ0n) is 60.1. The second-order valence-corrected chi connectivity index (χ2v) is 31.5. The van der Waals surface area contributed by atoms with Crippen molar-refractivity contribution in [2.45, 2.75) is 314 Å². The number of hydrogen-bond donors (Lipinski definition) is 8. The van der Waals surface area contributed by atoms with Crippen LogP contribution in [0.3, 0.4) is 0 Å². The molecule has 8 nitrogen and oxygen atoms in total. The van der Waals surface area contributed by atoms with Crippen LogP contribution in [0.2, 0.25) is 0 Å². The second kappa shape index (κ2) is 42.8. The largest absolute Gasteiger partial charge is 0.392 e. The Labute approximate surface area is 543 Å². The molecule has 0 bridgehead atoms. The Kier molecular flexibility index (Phi) is 40.6. The molecule has 0 amide bonds. The lowest BCUT2D eigenvalue weighted by molar-refractivity contribution is 0.0653. The summed E-state index contributed by atoms with van der Waals surface area (Å²) in [5.41, 5.74) is 9.14. The van der Waals surface area contributed by atoms with Gasteiger partial charge in [-0.15, -0.1) is 0 Å². The molecule has 8 aliphatic rings. The third kappa shape index (κ3) is 32.0. The van der Waals surface area contributed by atoms with Crippen LogP contribution in [-0.2, 0) is 0 Å². The van der Waals surface area contributed by atoms with E-state index < -0.39 is 0 Å². The fourth-order valence-corrected chi connectivity index (χ4v) is 15.4. The van der Waals surface area contributed by atoms with Crippen LogP contribution >= 0.6 is 0 Å². The molecule has 0 aliphatic heterocycles. The van der Waals surface area contributed by atoms with Crippen LogP contribution in [0.25, 0.3) is 0 Å². The zero-order chi connectivity index (χ0) is 67.4. The minimum atomic E-state index is -0.128. The molecule has 0 spiro atoms. The van der Waals surface area contributed by atoms with E-state index in [9.17, 15) is 40.9 Å². The second-order valence-electron chi connectivity index (χ2n) is 31.5. The van der Waals surface area contributed by atoms with Gasteiger partial charge in [-0.05, 0) is 257 Å². The van der Waals surface area contributed by atoms with Crippen molar-refractivity contribution in [1.29, 1.82) is 0 Å². The minimum Gasteiger partial charge on any atom is -0.392 e. The summed E-state index contributed by atoms with van der Waals surface area (Å²) in [6, 6.07) is 0. The molecule has 0 aromatic carbocycles. The van der Waals surface area contributed by atoms with E-state index in [1.54, 1.807) is 0 Å². The normalized spacial score (nSPS) is 38.6. The van der Waals surface area contributed by atoms with E-state index in [0.29, 0.717) is 94.7 Å². The Bertz CT molecular complexity index is 1640. The summed E-state index contributed by atoms with van der Waals surface area (Å²) in [4.78, 5) is 0. The molecule has 8 N–H and O–H groups in total. The van der Waals surface area contributed by atoms with Crippen molar-refractivity contribution in [1.82, 2.24) is 0 Å². The molecule has 0 aromatic rings. The Hall–Kier alpha value is -2.40. The van der Waals surface area contributed by atoms with Crippen LogP contribution in [0.5, 0.6) is 0 Å². The lowest BCUT2D eigenvalue weighted by Gasteiger charge is -2.31. The molecule has 11 unspecified atom stereocenters. The van der Waals surface area contributed by atoms with E-state index >= 15 is 0 Å². The van der Waals surface area contributed by atoms with Crippen molar-refractivity contribution in [2.75, 3.05) is 0 Å². The van der Waals surface area contributed by atoms with Gasteiger partial charge in [0.25, 0.3) is 0 Å². The molecule has 8 rings (SSSR count). The molecule has 8 fully saturated rings. The fraction of sp³-hybridized carbons (Fsp3) is 0.800. The van der Waals surface area contributed by atoms with Gasteiger partial charge in [0.2, 0.25) is 0 Å². The highest BCUT2D eigenvalue weighted by atomic mass is 16.3. The average molecular weight is 1230 g/mol. The highest BCUT2D eigenvalue weighted by Gasteiger charge is 2.33. The third-order valence-corrected chi connectivity index (χ3v) is 21.7. The molecule has 24 atom stereocenters. The van der Waals surface area contributed by atoms with Gasteiger partial charge in [0.05, 0.1) is 48.8 Å². The summed E-state index contributed by atoms with van der Waals surface area (Å²) in [6.45, 7) is 64.9. The molecule has 512 valence electrons. The average Bonchev–Trinajstić information content (AvgIpc) is 3.51. The van der Waals surface area contributed by atoms with E-state index in [4.69, 9.17) is 0 Å². The first-order valence-corrected chi connectivity index (χ1v) is 35.6. The maximum atomic E-state index is 9.65. The Morgan fingerprint density at radius 3 is 0.318 bits per heavy atom. The lowest BCUT2D eigenvalue weighted by Crippen LogP contribution is -2.28. The third-order valence-electron chi connectivity index (χ3n) is 21.7. The van der Waals surface area contributed by atoms with Crippen molar-refractivity contribution in [3.05, 3.63) is 97.2 Å². The first-order valence-electron chi connectivity index (χ1n) is 35.6. The molecular weight excluding hydrogens is 1090 g/mol. The van der Waals surface area contributed by atoms with Crippen molar-refractivity contribution in [3.8, 4) is 0 Å². The number of aliphatic hydroxyl groups excluding tert-OH is 8. The Morgan fingerprint density at radius 1 is 0.182 bits per heavy atom. The number of rotatable bonds is 8. The molecule has 0 aromatic heterocycles. The van der Waals surface area contributed by atoms with Gasteiger partial charge in [-0.25, -0.2) is 0 Å². The Balaban J connectivity index is 0.000000503. The molecule has 0 radical (unpaired) electrons. The molecule has 0 heterocycles. The van der Waals surface area contributed by atoms with E-state index in [-0.39, 0.29) is 48.8 Å². The molecule has 0 saturated heterocycles. The van der Waals surface area contributed by atoms with Gasteiger partial charge in [-0.3, -0.25) is 0 Å². The summed E-state index contributed by atoms with van der Waals surface area (Å²) < 4.78 is 0. The van der Waals surface area contributed by atoms with Crippen LogP contribution in [0.15, 0.2) is 97.2 Å². The number of hydrogen-bond acceptors (Lipinski definition) is 8. The molecule has 8 saturated carbocycles. The van der Waals surface area contributed by atoms with E-state index in [1.165, 1.54) is 51.4 Å². The molecule has 8 aliphatic carbocycles. The standard InChI is InChI=1S/8C10H18O/c8*1-7(2)9-5-4-8(3)6-10(9)11/h8*8-11H,1,4-6H2,2-3H3/t8?,9?,10-;8?,9-,10?;8?,9-,10-;8-,9?,10+;8-,9?,10-;8-,9-,10?;8-,9-,10-;/m1111111./s1. The van der Waals surface area contributed by atoms with Crippen LogP contribution in [-0.4, -0.2) is 89.7 Å². The summed E-state index contributed by atoms with van der Waals surface area (Å²) in [5, 5.41) is 77.2. The van der Waals surface area contributed by atoms with Crippen molar-refractivity contribution >= 4 is 0 Å². The van der Waals surface area contributed by atoms with Crippen LogP contribution in [0.4, 0.5) is 0 Å². The SMILES string of the molecule is C=C(C)C1CCC(C)CC1O.C=C(C)C1CCC(C)C[C@H]1O.C=C(C)C1CC[C@@H](C)C[C@@H]1O.C=C(C)C1CC[C@@H](C)C[C@H]1O.C=C(C)[C@H]1CCC(C)CC1O.C=C(C)[C@H]1CCC(C)C[C@H]1O.C=C(C)[C@H]1CC[C@@H](C)CC1O.C=C(C)[C@H]1CC[C@@H](C)C[C@H]1O. The van der Waals surface area contributed by atoms with E-state index in [1.807, 2.05) is 55.4 Å². The van der Waals surface area contributed by atoms with Gasteiger partial charge in [0, 0.05) is 47.3 Å². The monoisotopic (exact) mass is 1230 g/mol. The predicted octanol–water partition coefficient (Wildman–Crippen LogP) is 18.9. The summed E-state index contributed by atoms with van der Waals surface area (Å²) in [7, 11) is 0. The van der Waals surface area contributed by atoms with Crippen LogP contribution in [0, 0.1) is 94.7 Å². The van der Waals surface area contributed by atoms with Gasteiger partial charge < -0.3 is 40.9 Å². The van der Waals surface area contributed by atoms with Gasteiger partial charge in [-0.1, -0.05) is 153 Å². The van der Waals surface area contributed by atoms with Gasteiger partial charge >= 0.3 is 0 Å². The summed E-state index contributed by atoms with van der Waals surface area (Å²) >= 11 is 0. The Morgan fingerprint density at radius 2 is 0.261 bits per heavy atom. The number of aliphatic hydroxyl groups is 8. The van der Waals surface area contributed by atoms with Crippen LogP contribution in [0.1, 0.15) is 265 Å². The first-order chi connectivity index (χ1) is 40.9. The maximum absolute atomic E-state index is 9.65.